The van der Waals surface area contributed by atoms with Gasteiger partial charge >= 0.3 is 0 Å². The molecule has 2 heteroatoms. The van der Waals surface area contributed by atoms with Crippen LogP contribution in [0.5, 0.6) is 0 Å². The summed E-state index contributed by atoms with van der Waals surface area (Å²) in [5, 5.41) is 17.9. The highest BCUT2D eigenvalue weighted by atomic mass is 16.3. The van der Waals surface area contributed by atoms with E-state index in [1.54, 1.807) is 0 Å². The Bertz CT molecular complexity index is 151. The van der Waals surface area contributed by atoms with Crippen molar-refractivity contribution in [1.29, 1.82) is 5.26 Å². The minimum Gasteiger partial charge on any atom is -0.395 e. The Balaban J connectivity index is 2.58. The van der Waals surface area contributed by atoms with Gasteiger partial charge in [-0.25, -0.2) is 0 Å². The molecular weight excluding hydrogens is 138 g/mol. The first-order chi connectivity index (χ1) is 5.33. The zero-order chi connectivity index (χ0) is 8.16. The summed E-state index contributed by atoms with van der Waals surface area (Å²) in [6.07, 6.45) is 6.44. The predicted molar refractivity (Wildman–Crippen MR) is 42.8 cm³/mol. The maximum Gasteiger partial charge on any atom is 0.0804 e. The lowest BCUT2D eigenvalue weighted by molar-refractivity contribution is 0.158. The maximum atomic E-state index is 9.04. The first kappa shape index (κ1) is 8.55. The van der Waals surface area contributed by atoms with Crippen LogP contribution in [-0.4, -0.2) is 11.7 Å². The first-order valence-electron chi connectivity index (χ1n) is 4.35. The average molecular weight is 153 g/mol. The summed E-state index contributed by atoms with van der Waals surface area (Å²) >= 11 is 0. The van der Waals surface area contributed by atoms with Gasteiger partial charge in [0, 0.05) is 0 Å². The van der Waals surface area contributed by atoms with Crippen LogP contribution in [0.4, 0.5) is 0 Å². The third-order valence-corrected chi connectivity index (χ3v) is 2.60. The Kier molecular flexibility index (Phi) is 2.90. The Morgan fingerprint density at radius 3 is 2.09 bits per heavy atom. The van der Waals surface area contributed by atoms with Gasteiger partial charge in [-0.2, -0.15) is 5.26 Å². The SMILES string of the molecule is N#CC1(CO)CCCCCC1. The summed E-state index contributed by atoms with van der Waals surface area (Å²) in [4.78, 5) is 0. The second kappa shape index (κ2) is 3.73. The molecule has 0 atom stereocenters. The number of rotatable bonds is 1. The van der Waals surface area contributed by atoms with E-state index in [1.807, 2.05) is 0 Å². The molecule has 2 nitrogen and oxygen atoms in total. The Morgan fingerprint density at radius 1 is 1.18 bits per heavy atom. The summed E-state index contributed by atoms with van der Waals surface area (Å²) in [5.41, 5.74) is -0.392. The fraction of sp³-hybridized carbons (Fsp3) is 0.889. The minimum atomic E-state index is -0.392. The van der Waals surface area contributed by atoms with Crippen LogP contribution in [-0.2, 0) is 0 Å². The van der Waals surface area contributed by atoms with Crippen molar-refractivity contribution >= 4 is 0 Å². The van der Waals surface area contributed by atoms with Crippen molar-refractivity contribution in [2.24, 2.45) is 5.41 Å². The second-order valence-electron chi connectivity index (χ2n) is 3.46. The second-order valence-corrected chi connectivity index (χ2v) is 3.46. The Labute approximate surface area is 67.8 Å². The molecule has 0 aliphatic heterocycles. The quantitative estimate of drug-likeness (QED) is 0.584. The number of hydrogen-bond donors (Lipinski definition) is 1. The molecule has 0 amide bonds. The van der Waals surface area contributed by atoms with E-state index < -0.39 is 5.41 Å². The molecule has 11 heavy (non-hydrogen) atoms. The molecule has 1 fully saturated rings. The molecule has 1 aliphatic carbocycles. The number of aliphatic hydroxyl groups is 1. The van der Waals surface area contributed by atoms with Crippen molar-refractivity contribution < 1.29 is 5.11 Å². The topological polar surface area (TPSA) is 44.0 Å². The van der Waals surface area contributed by atoms with E-state index in [4.69, 9.17) is 10.4 Å². The standard InChI is InChI=1S/C9H15NO/c10-7-9(8-11)5-3-1-2-4-6-9/h11H,1-6,8H2. The summed E-state index contributed by atoms with van der Waals surface area (Å²) in [5.74, 6) is 0. The Hall–Kier alpha value is -0.550. The molecule has 0 saturated heterocycles. The minimum absolute atomic E-state index is 0.0451. The lowest BCUT2D eigenvalue weighted by atomic mass is 9.83. The van der Waals surface area contributed by atoms with E-state index in [1.165, 1.54) is 12.8 Å². The molecule has 0 aromatic rings. The molecule has 1 rings (SSSR count). The van der Waals surface area contributed by atoms with E-state index in [2.05, 4.69) is 6.07 Å². The van der Waals surface area contributed by atoms with Gasteiger partial charge in [-0.1, -0.05) is 25.7 Å². The molecule has 0 bridgehead atoms. The van der Waals surface area contributed by atoms with E-state index in [-0.39, 0.29) is 6.61 Å². The third-order valence-electron chi connectivity index (χ3n) is 2.60. The van der Waals surface area contributed by atoms with Gasteiger partial charge in [0.25, 0.3) is 0 Å². The molecule has 62 valence electrons. The van der Waals surface area contributed by atoms with Crippen LogP contribution in [0.25, 0.3) is 0 Å². The fourth-order valence-electron chi connectivity index (χ4n) is 1.71. The summed E-state index contributed by atoms with van der Waals surface area (Å²) in [6.45, 7) is 0.0451. The lowest BCUT2D eigenvalue weighted by Gasteiger charge is -2.20. The van der Waals surface area contributed by atoms with Crippen LogP contribution in [0.15, 0.2) is 0 Å². The molecular formula is C9H15NO. The molecule has 0 spiro atoms. The summed E-state index contributed by atoms with van der Waals surface area (Å²) in [6, 6.07) is 2.26. The van der Waals surface area contributed by atoms with E-state index in [9.17, 15) is 0 Å². The average Bonchev–Trinajstić information content (AvgIpc) is 2.30. The number of nitriles is 1. The molecule has 1 N–H and O–H groups in total. The highest BCUT2D eigenvalue weighted by Crippen LogP contribution is 2.33. The fourth-order valence-corrected chi connectivity index (χ4v) is 1.71. The molecule has 1 aliphatic rings. The van der Waals surface area contributed by atoms with Crippen molar-refractivity contribution in [2.45, 2.75) is 38.5 Å². The van der Waals surface area contributed by atoms with Crippen molar-refractivity contribution in [2.75, 3.05) is 6.61 Å². The van der Waals surface area contributed by atoms with Gasteiger partial charge in [-0.05, 0) is 12.8 Å². The van der Waals surface area contributed by atoms with Gasteiger partial charge in [-0.3, -0.25) is 0 Å². The van der Waals surface area contributed by atoms with Crippen LogP contribution in [0.2, 0.25) is 0 Å². The zero-order valence-corrected chi connectivity index (χ0v) is 6.84. The number of aliphatic hydroxyl groups excluding tert-OH is 1. The molecule has 0 aromatic heterocycles. The lowest BCUT2D eigenvalue weighted by Crippen LogP contribution is -2.22. The summed E-state index contributed by atoms with van der Waals surface area (Å²) in [7, 11) is 0. The van der Waals surface area contributed by atoms with Crippen molar-refractivity contribution in [3.05, 3.63) is 0 Å². The highest BCUT2D eigenvalue weighted by Gasteiger charge is 2.29. The van der Waals surface area contributed by atoms with Crippen molar-refractivity contribution in [3.8, 4) is 6.07 Å². The largest absolute Gasteiger partial charge is 0.395 e. The molecule has 1 saturated carbocycles. The molecule has 0 radical (unpaired) electrons. The third kappa shape index (κ3) is 1.94. The summed E-state index contributed by atoms with van der Waals surface area (Å²) < 4.78 is 0. The van der Waals surface area contributed by atoms with E-state index in [0.29, 0.717) is 0 Å². The normalized spacial score (nSPS) is 23.6. The molecule has 0 unspecified atom stereocenters. The van der Waals surface area contributed by atoms with Crippen LogP contribution in [0, 0.1) is 16.7 Å². The van der Waals surface area contributed by atoms with Crippen LogP contribution >= 0.6 is 0 Å². The molecule has 0 heterocycles. The smallest absolute Gasteiger partial charge is 0.0804 e. The van der Waals surface area contributed by atoms with Gasteiger partial charge in [0.2, 0.25) is 0 Å². The van der Waals surface area contributed by atoms with E-state index >= 15 is 0 Å². The number of hydrogen-bond acceptors (Lipinski definition) is 2. The van der Waals surface area contributed by atoms with Crippen molar-refractivity contribution in [1.82, 2.24) is 0 Å². The van der Waals surface area contributed by atoms with Gasteiger partial charge in [0.05, 0.1) is 18.1 Å². The first-order valence-corrected chi connectivity index (χ1v) is 4.35. The monoisotopic (exact) mass is 153 g/mol. The zero-order valence-electron chi connectivity index (χ0n) is 6.84. The van der Waals surface area contributed by atoms with Crippen LogP contribution < -0.4 is 0 Å². The van der Waals surface area contributed by atoms with Gasteiger partial charge in [-0.15, -0.1) is 0 Å². The van der Waals surface area contributed by atoms with Gasteiger partial charge < -0.3 is 5.11 Å². The highest BCUT2D eigenvalue weighted by molar-refractivity contribution is 4.99. The van der Waals surface area contributed by atoms with Crippen LogP contribution in [0.1, 0.15) is 38.5 Å². The van der Waals surface area contributed by atoms with E-state index in [0.717, 1.165) is 25.7 Å². The Morgan fingerprint density at radius 2 is 1.73 bits per heavy atom. The molecule has 0 aromatic carbocycles. The predicted octanol–water partition coefficient (Wildman–Crippen LogP) is 1.84. The van der Waals surface area contributed by atoms with Crippen molar-refractivity contribution in [3.63, 3.8) is 0 Å². The maximum absolute atomic E-state index is 9.04. The number of nitrogens with zero attached hydrogens (tertiary/aromatic N) is 1. The van der Waals surface area contributed by atoms with Gasteiger partial charge in [0.1, 0.15) is 0 Å². The van der Waals surface area contributed by atoms with Gasteiger partial charge in [0.15, 0.2) is 0 Å². The van der Waals surface area contributed by atoms with Crippen LogP contribution in [0.3, 0.4) is 0 Å².